The maximum Gasteiger partial charge on any atom is 0.0708 e. The normalized spacial score (nSPS) is 11.4. The van der Waals surface area contributed by atoms with Crippen LogP contribution in [0.1, 0.15) is 26.3 Å². The summed E-state index contributed by atoms with van der Waals surface area (Å²) in [6, 6.07) is 23.4. The molecule has 0 spiro atoms. The van der Waals surface area contributed by atoms with Crippen LogP contribution in [0.4, 0.5) is 0 Å². The number of benzene rings is 2. The van der Waals surface area contributed by atoms with Crippen LogP contribution in [0.2, 0.25) is 0 Å². The van der Waals surface area contributed by atoms with E-state index in [4.69, 9.17) is 0 Å². The van der Waals surface area contributed by atoms with Crippen molar-refractivity contribution in [3.05, 3.63) is 78.5 Å². The molecule has 1 aromatic heterocycles. The summed E-state index contributed by atoms with van der Waals surface area (Å²) in [5.74, 6) is 0. The van der Waals surface area contributed by atoms with Crippen LogP contribution in [0.15, 0.2) is 72.9 Å². The summed E-state index contributed by atoms with van der Waals surface area (Å²) < 4.78 is 0. The Hall–Kier alpha value is -2.41. The Morgan fingerprint density at radius 3 is 2.17 bits per heavy atom. The Morgan fingerprint density at radius 1 is 0.739 bits per heavy atom. The number of rotatable bonds is 3. The van der Waals surface area contributed by atoms with Gasteiger partial charge in [0.2, 0.25) is 0 Å². The van der Waals surface area contributed by atoms with Gasteiger partial charge in [-0.15, -0.1) is 0 Å². The van der Waals surface area contributed by atoms with Crippen molar-refractivity contribution >= 4 is 0 Å². The van der Waals surface area contributed by atoms with Crippen LogP contribution in [0, 0.1) is 5.41 Å². The molecule has 0 saturated heterocycles. The van der Waals surface area contributed by atoms with E-state index in [-0.39, 0.29) is 0 Å². The monoisotopic (exact) mass is 301 g/mol. The molecular weight excluding hydrogens is 278 g/mol. The molecule has 0 radical (unpaired) electrons. The lowest BCUT2D eigenvalue weighted by Crippen LogP contribution is -2.08. The molecule has 0 amide bonds. The Labute approximate surface area is 139 Å². The predicted octanol–water partition coefficient (Wildman–Crippen LogP) is 6.00. The first kappa shape index (κ1) is 15.5. The van der Waals surface area contributed by atoms with Crippen LogP contribution in [-0.4, -0.2) is 4.98 Å². The van der Waals surface area contributed by atoms with Gasteiger partial charge < -0.3 is 0 Å². The second-order valence-corrected chi connectivity index (χ2v) is 7.23. The molecule has 2 aromatic carbocycles. The average Bonchev–Trinajstić information content (AvgIpc) is 2.54. The highest BCUT2D eigenvalue weighted by Crippen LogP contribution is 2.27. The van der Waals surface area contributed by atoms with Gasteiger partial charge in [-0.25, -0.2) is 0 Å². The molecule has 0 unspecified atom stereocenters. The second kappa shape index (κ2) is 6.37. The highest BCUT2D eigenvalue weighted by atomic mass is 14.7. The quantitative estimate of drug-likeness (QED) is 0.577. The van der Waals surface area contributed by atoms with Crippen LogP contribution >= 0.6 is 0 Å². The first-order chi connectivity index (χ1) is 11.0. The summed E-state index contributed by atoms with van der Waals surface area (Å²) in [6.45, 7) is 6.83. The number of aromatic nitrogens is 1. The molecule has 0 N–H and O–H groups in total. The van der Waals surface area contributed by atoms with Crippen molar-refractivity contribution in [3.8, 4) is 22.4 Å². The molecule has 116 valence electrons. The molecule has 1 heteroatoms. The molecule has 0 saturated carbocycles. The number of nitrogens with zero attached hydrogens (tertiary/aromatic N) is 1. The highest BCUT2D eigenvalue weighted by molar-refractivity contribution is 5.70. The van der Waals surface area contributed by atoms with E-state index in [0.29, 0.717) is 5.41 Å². The van der Waals surface area contributed by atoms with E-state index in [2.05, 4.69) is 74.3 Å². The molecule has 1 heterocycles. The summed E-state index contributed by atoms with van der Waals surface area (Å²) in [5, 5.41) is 0. The highest BCUT2D eigenvalue weighted by Gasteiger charge is 2.12. The molecule has 1 nitrogen and oxygen atoms in total. The van der Waals surface area contributed by atoms with E-state index in [1.165, 1.54) is 16.7 Å². The minimum absolute atomic E-state index is 0.298. The van der Waals surface area contributed by atoms with Crippen LogP contribution < -0.4 is 0 Å². The fraction of sp³-hybridized carbons (Fsp3) is 0.227. The number of pyridine rings is 1. The first-order valence-electron chi connectivity index (χ1n) is 8.12. The third kappa shape index (κ3) is 4.07. The van der Waals surface area contributed by atoms with Gasteiger partial charge in [-0.2, -0.15) is 0 Å². The maximum atomic E-state index is 4.52. The largest absolute Gasteiger partial charge is 0.256 e. The van der Waals surface area contributed by atoms with E-state index in [9.17, 15) is 0 Å². The van der Waals surface area contributed by atoms with E-state index in [1.54, 1.807) is 0 Å². The Kier molecular flexibility index (Phi) is 4.29. The van der Waals surface area contributed by atoms with E-state index < -0.39 is 0 Å². The fourth-order valence-electron chi connectivity index (χ4n) is 2.85. The minimum Gasteiger partial charge on any atom is -0.256 e. The van der Waals surface area contributed by atoms with Gasteiger partial charge in [0.05, 0.1) is 5.69 Å². The molecule has 0 aliphatic rings. The molecule has 0 bridgehead atoms. The van der Waals surface area contributed by atoms with Crippen LogP contribution in [0.5, 0.6) is 0 Å². The molecule has 3 rings (SSSR count). The summed E-state index contributed by atoms with van der Waals surface area (Å²) in [5.41, 5.74) is 6.32. The van der Waals surface area contributed by atoms with Crippen molar-refractivity contribution in [2.24, 2.45) is 5.41 Å². The summed E-state index contributed by atoms with van der Waals surface area (Å²) in [6.07, 6.45) is 2.98. The van der Waals surface area contributed by atoms with Crippen LogP contribution in [-0.2, 0) is 6.42 Å². The molecule has 3 aromatic rings. The van der Waals surface area contributed by atoms with Crippen molar-refractivity contribution in [1.29, 1.82) is 0 Å². The van der Waals surface area contributed by atoms with Gasteiger partial charge in [0.25, 0.3) is 0 Å². The van der Waals surface area contributed by atoms with Gasteiger partial charge in [0.15, 0.2) is 0 Å². The van der Waals surface area contributed by atoms with Gasteiger partial charge in [-0.05, 0) is 40.7 Å². The lowest BCUT2D eigenvalue weighted by molar-refractivity contribution is 0.411. The van der Waals surface area contributed by atoms with Crippen molar-refractivity contribution in [2.45, 2.75) is 27.2 Å². The standard InChI is InChI=1S/C22H23N/c1-22(2,3)16-17-8-7-11-19(14-17)20-12-13-23-21(15-20)18-9-5-4-6-10-18/h4-15H,16H2,1-3H3. The summed E-state index contributed by atoms with van der Waals surface area (Å²) in [7, 11) is 0. The zero-order chi connectivity index (χ0) is 16.3. The lowest BCUT2D eigenvalue weighted by atomic mass is 9.87. The maximum absolute atomic E-state index is 4.52. The molecule has 0 aliphatic carbocycles. The average molecular weight is 301 g/mol. The lowest BCUT2D eigenvalue weighted by Gasteiger charge is -2.18. The van der Waals surface area contributed by atoms with Crippen LogP contribution in [0.3, 0.4) is 0 Å². The molecule has 0 atom stereocenters. The Bertz CT molecular complexity index is 782. The SMILES string of the molecule is CC(C)(C)Cc1cccc(-c2ccnc(-c3ccccc3)c2)c1. The third-order valence-electron chi connectivity index (χ3n) is 3.82. The smallest absolute Gasteiger partial charge is 0.0708 e. The second-order valence-electron chi connectivity index (χ2n) is 7.23. The molecular formula is C22H23N. The third-order valence-corrected chi connectivity index (χ3v) is 3.82. The van der Waals surface area contributed by atoms with Crippen molar-refractivity contribution in [1.82, 2.24) is 4.98 Å². The van der Waals surface area contributed by atoms with Gasteiger partial charge >= 0.3 is 0 Å². The van der Waals surface area contributed by atoms with Crippen molar-refractivity contribution in [2.75, 3.05) is 0 Å². The van der Waals surface area contributed by atoms with Crippen molar-refractivity contribution in [3.63, 3.8) is 0 Å². The van der Waals surface area contributed by atoms with E-state index in [1.807, 2.05) is 24.4 Å². The molecule has 0 fully saturated rings. The topological polar surface area (TPSA) is 12.9 Å². The van der Waals surface area contributed by atoms with Gasteiger partial charge in [-0.1, -0.05) is 75.4 Å². The summed E-state index contributed by atoms with van der Waals surface area (Å²) in [4.78, 5) is 4.52. The van der Waals surface area contributed by atoms with Gasteiger partial charge in [0.1, 0.15) is 0 Å². The molecule has 23 heavy (non-hydrogen) atoms. The Morgan fingerprint density at radius 2 is 1.43 bits per heavy atom. The molecule has 0 aliphatic heterocycles. The van der Waals surface area contributed by atoms with Gasteiger partial charge in [-0.3, -0.25) is 4.98 Å². The number of hydrogen-bond acceptors (Lipinski definition) is 1. The zero-order valence-corrected chi connectivity index (χ0v) is 14.1. The van der Waals surface area contributed by atoms with Gasteiger partial charge in [0, 0.05) is 11.8 Å². The van der Waals surface area contributed by atoms with Crippen molar-refractivity contribution < 1.29 is 0 Å². The number of hydrogen-bond donors (Lipinski definition) is 0. The zero-order valence-electron chi connectivity index (χ0n) is 14.1. The van der Waals surface area contributed by atoms with E-state index >= 15 is 0 Å². The Balaban J connectivity index is 1.95. The predicted molar refractivity (Wildman–Crippen MR) is 98.3 cm³/mol. The minimum atomic E-state index is 0.298. The fourth-order valence-corrected chi connectivity index (χ4v) is 2.85. The summed E-state index contributed by atoms with van der Waals surface area (Å²) >= 11 is 0. The van der Waals surface area contributed by atoms with Crippen LogP contribution in [0.25, 0.3) is 22.4 Å². The first-order valence-corrected chi connectivity index (χ1v) is 8.12. The van der Waals surface area contributed by atoms with E-state index in [0.717, 1.165) is 17.7 Å².